The predicted molar refractivity (Wildman–Crippen MR) is 108 cm³/mol. The minimum absolute atomic E-state index is 0.118. The molecule has 4 nitrogen and oxygen atoms in total. The molecular formula is C23H22N2O2. The lowest BCUT2D eigenvalue weighted by Crippen LogP contribution is -2.26. The molecular weight excluding hydrogens is 336 g/mol. The van der Waals surface area contributed by atoms with Crippen molar-refractivity contribution in [3.63, 3.8) is 0 Å². The minimum atomic E-state index is -0.160. The van der Waals surface area contributed by atoms with Crippen LogP contribution in [0, 0.1) is 6.92 Å². The Hall–Kier alpha value is -3.40. The van der Waals surface area contributed by atoms with Crippen molar-refractivity contribution in [2.75, 3.05) is 11.9 Å². The van der Waals surface area contributed by atoms with Crippen LogP contribution in [0.2, 0.25) is 0 Å². The molecule has 0 heterocycles. The van der Waals surface area contributed by atoms with Gasteiger partial charge in [0.1, 0.15) is 0 Å². The van der Waals surface area contributed by atoms with Crippen LogP contribution < -0.4 is 10.2 Å². The first-order valence-corrected chi connectivity index (χ1v) is 8.81. The van der Waals surface area contributed by atoms with Crippen LogP contribution in [0.15, 0.2) is 78.9 Å². The lowest BCUT2D eigenvalue weighted by Gasteiger charge is -2.17. The average Bonchev–Trinajstić information content (AvgIpc) is 2.72. The third-order valence-electron chi connectivity index (χ3n) is 4.38. The number of amides is 2. The van der Waals surface area contributed by atoms with Crippen LogP contribution in [0.1, 0.15) is 31.8 Å². The van der Waals surface area contributed by atoms with Crippen molar-refractivity contribution in [1.29, 1.82) is 0 Å². The Kier molecular flexibility index (Phi) is 5.67. The van der Waals surface area contributed by atoms with Crippen molar-refractivity contribution in [1.82, 2.24) is 5.32 Å². The smallest absolute Gasteiger partial charge is 0.258 e. The van der Waals surface area contributed by atoms with Crippen molar-refractivity contribution in [2.24, 2.45) is 0 Å². The van der Waals surface area contributed by atoms with Crippen molar-refractivity contribution in [2.45, 2.75) is 13.5 Å². The first-order valence-electron chi connectivity index (χ1n) is 8.81. The molecule has 3 aromatic rings. The van der Waals surface area contributed by atoms with Crippen LogP contribution in [0.3, 0.4) is 0 Å². The molecule has 136 valence electrons. The van der Waals surface area contributed by atoms with E-state index in [0.29, 0.717) is 17.7 Å². The monoisotopic (exact) mass is 358 g/mol. The van der Waals surface area contributed by atoms with Gasteiger partial charge in [-0.25, -0.2) is 0 Å². The number of benzene rings is 3. The second-order valence-electron chi connectivity index (χ2n) is 6.45. The fourth-order valence-electron chi connectivity index (χ4n) is 2.83. The van der Waals surface area contributed by atoms with E-state index < -0.39 is 0 Å². The van der Waals surface area contributed by atoms with Crippen LogP contribution in [0.5, 0.6) is 0 Å². The molecule has 0 aliphatic heterocycles. The molecule has 27 heavy (non-hydrogen) atoms. The first kappa shape index (κ1) is 18.4. The summed E-state index contributed by atoms with van der Waals surface area (Å²) in [4.78, 5) is 26.5. The van der Waals surface area contributed by atoms with Gasteiger partial charge in [-0.05, 0) is 48.9 Å². The maximum Gasteiger partial charge on any atom is 0.258 e. The Morgan fingerprint density at radius 3 is 2.19 bits per heavy atom. The SMILES string of the molecule is Cc1cccc(CNC(=O)c2ccc(C(=O)N(C)c3ccccc3)cc2)c1. The number of hydrogen-bond acceptors (Lipinski definition) is 2. The van der Waals surface area contributed by atoms with E-state index in [9.17, 15) is 9.59 Å². The van der Waals surface area contributed by atoms with Crippen LogP contribution in [0.4, 0.5) is 5.69 Å². The Labute approximate surface area is 159 Å². The van der Waals surface area contributed by atoms with E-state index in [0.717, 1.165) is 16.8 Å². The second-order valence-corrected chi connectivity index (χ2v) is 6.45. The molecule has 0 saturated heterocycles. The number of rotatable bonds is 5. The number of para-hydroxylation sites is 1. The number of nitrogens with one attached hydrogen (secondary N) is 1. The molecule has 0 aliphatic rings. The Morgan fingerprint density at radius 2 is 1.52 bits per heavy atom. The van der Waals surface area contributed by atoms with Gasteiger partial charge in [0.2, 0.25) is 0 Å². The van der Waals surface area contributed by atoms with E-state index in [-0.39, 0.29) is 11.8 Å². The van der Waals surface area contributed by atoms with Gasteiger partial charge >= 0.3 is 0 Å². The highest BCUT2D eigenvalue weighted by molar-refractivity contribution is 6.06. The number of anilines is 1. The van der Waals surface area contributed by atoms with Gasteiger partial charge in [-0.15, -0.1) is 0 Å². The maximum atomic E-state index is 12.6. The molecule has 1 N–H and O–H groups in total. The summed E-state index contributed by atoms with van der Waals surface area (Å²) in [6.45, 7) is 2.49. The number of aryl methyl sites for hydroxylation is 1. The largest absolute Gasteiger partial charge is 0.348 e. The van der Waals surface area contributed by atoms with E-state index in [1.807, 2.05) is 61.5 Å². The lowest BCUT2D eigenvalue weighted by molar-refractivity contribution is 0.0948. The molecule has 0 atom stereocenters. The molecule has 0 spiro atoms. The van der Waals surface area contributed by atoms with Crippen LogP contribution in [-0.4, -0.2) is 18.9 Å². The van der Waals surface area contributed by atoms with Crippen LogP contribution in [0.25, 0.3) is 0 Å². The van der Waals surface area contributed by atoms with Crippen molar-refractivity contribution < 1.29 is 9.59 Å². The van der Waals surface area contributed by atoms with Gasteiger partial charge in [0.25, 0.3) is 11.8 Å². The molecule has 3 aromatic carbocycles. The Morgan fingerprint density at radius 1 is 0.852 bits per heavy atom. The molecule has 0 aromatic heterocycles. The molecule has 2 amide bonds. The van der Waals surface area contributed by atoms with E-state index in [1.165, 1.54) is 0 Å². The molecule has 3 rings (SSSR count). The van der Waals surface area contributed by atoms with Gasteiger partial charge in [0.15, 0.2) is 0 Å². The highest BCUT2D eigenvalue weighted by Gasteiger charge is 2.14. The minimum Gasteiger partial charge on any atom is -0.348 e. The zero-order chi connectivity index (χ0) is 19.2. The van der Waals surface area contributed by atoms with Gasteiger partial charge in [-0.2, -0.15) is 0 Å². The summed E-state index contributed by atoms with van der Waals surface area (Å²) >= 11 is 0. The topological polar surface area (TPSA) is 49.4 Å². The lowest BCUT2D eigenvalue weighted by atomic mass is 10.1. The molecule has 4 heteroatoms. The van der Waals surface area contributed by atoms with Crippen molar-refractivity contribution >= 4 is 17.5 Å². The van der Waals surface area contributed by atoms with Crippen molar-refractivity contribution in [3.8, 4) is 0 Å². The molecule has 0 unspecified atom stereocenters. The van der Waals surface area contributed by atoms with Gasteiger partial charge in [-0.3, -0.25) is 9.59 Å². The molecule has 0 fully saturated rings. The first-order chi connectivity index (χ1) is 13.0. The summed E-state index contributed by atoms with van der Waals surface area (Å²) in [7, 11) is 1.74. The van der Waals surface area contributed by atoms with Crippen LogP contribution in [-0.2, 0) is 6.54 Å². The molecule has 0 saturated carbocycles. The van der Waals surface area contributed by atoms with E-state index >= 15 is 0 Å². The summed E-state index contributed by atoms with van der Waals surface area (Å²) in [5.74, 6) is -0.278. The van der Waals surface area contributed by atoms with Gasteiger partial charge in [0, 0.05) is 30.4 Å². The molecule has 0 aliphatic carbocycles. The van der Waals surface area contributed by atoms with Crippen molar-refractivity contribution in [3.05, 3.63) is 101 Å². The summed E-state index contributed by atoms with van der Waals surface area (Å²) in [5, 5.41) is 2.91. The van der Waals surface area contributed by atoms with E-state index in [2.05, 4.69) is 5.32 Å². The van der Waals surface area contributed by atoms with Crippen LogP contribution >= 0.6 is 0 Å². The third-order valence-corrected chi connectivity index (χ3v) is 4.38. The highest BCUT2D eigenvalue weighted by atomic mass is 16.2. The van der Waals surface area contributed by atoms with Gasteiger partial charge in [0.05, 0.1) is 0 Å². The molecule has 0 bridgehead atoms. The number of carbonyl (C=O) groups is 2. The summed E-state index contributed by atoms with van der Waals surface area (Å²) < 4.78 is 0. The summed E-state index contributed by atoms with van der Waals surface area (Å²) in [5.41, 5.74) is 4.10. The summed E-state index contributed by atoms with van der Waals surface area (Å²) in [6.07, 6.45) is 0. The van der Waals surface area contributed by atoms with E-state index in [1.54, 1.807) is 36.2 Å². The fraction of sp³-hybridized carbons (Fsp3) is 0.130. The number of hydrogen-bond donors (Lipinski definition) is 1. The highest BCUT2D eigenvalue weighted by Crippen LogP contribution is 2.15. The zero-order valence-electron chi connectivity index (χ0n) is 15.5. The zero-order valence-corrected chi connectivity index (χ0v) is 15.5. The third kappa shape index (κ3) is 4.61. The maximum absolute atomic E-state index is 12.6. The summed E-state index contributed by atoms with van der Waals surface area (Å²) in [6, 6.07) is 24.2. The normalized spacial score (nSPS) is 10.3. The second kappa shape index (κ2) is 8.32. The quantitative estimate of drug-likeness (QED) is 0.743. The number of carbonyl (C=O) groups excluding carboxylic acids is 2. The molecule has 0 radical (unpaired) electrons. The number of nitrogens with zero attached hydrogens (tertiary/aromatic N) is 1. The Balaban J connectivity index is 1.64. The van der Waals surface area contributed by atoms with Gasteiger partial charge in [-0.1, -0.05) is 48.0 Å². The predicted octanol–water partition coefficient (Wildman–Crippen LogP) is 4.20. The standard InChI is InChI=1S/C23H22N2O2/c1-17-7-6-8-18(15-17)16-24-22(26)19-11-13-20(14-12-19)23(27)25(2)21-9-4-3-5-10-21/h3-15H,16H2,1-2H3,(H,24,26). The Bertz CT molecular complexity index is 934. The van der Waals surface area contributed by atoms with Gasteiger partial charge < -0.3 is 10.2 Å². The fourth-order valence-corrected chi connectivity index (χ4v) is 2.83. The average molecular weight is 358 g/mol. The van der Waals surface area contributed by atoms with E-state index in [4.69, 9.17) is 0 Å².